The molecule has 1 aromatic heterocycles. The molecule has 4 aromatic rings. The van der Waals surface area contributed by atoms with E-state index in [9.17, 15) is 19.5 Å². The molecule has 3 aromatic carbocycles. The number of H-pyrrole nitrogens is 1. The van der Waals surface area contributed by atoms with Crippen LogP contribution >= 0.6 is 0 Å². The summed E-state index contributed by atoms with van der Waals surface area (Å²) in [4.78, 5) is 48.5. The average molecular weight is 695 g/mol. The number of rotatable bonds is 9. The predicted octanol–water partition coefficient (Wildman–Crippen LogP) is 4.92. The van der Waals surface area contributed by atoms with E-state index < -0.39 is 19.8 Å². The molecule has 4 heterocycles. The standard InChI is InChI=1S/C39H46N4O6Si/c1-24-37(50(4,5)29-15-13-28(48-3)14-16-29)34(21-36(46)43-18-8-9-27(43)23-44)49-39(24)31-20-26(12-17-33(31)42(2)38(39)47)41-35(45)19-25-22-40-32-11-7-6-10-30(25)32/h6-7,10-17,20,22,24,27,34,37,40,44H,8-9,18-19,21,23H2,1-5H3,(H,41,45)/t24-,27-,34+,37-,39+/m0/s1. The van der Waals surface area contributed by atoms with Crippen LogP contribution in [0.1, 0.15) is 37.3 Å². The molecular formula is C39H46N4O6Si. The number of likely N-dealkylation sites (tertiary alicyclic amines) is 1. The summed E-state index contributed by atoms with van der Waals surface area (Å²) in [6, 6.07) is 21.4. The number of carbonyl (C=O) groups is 3. The number of methoxy groups -OCH3 is 1. The molecule has 2 saturated heterocycles. The van der Waals surface area contributed by atoms with Crippen LogP contribution in [0.5, 0.6) is 5.75 Å². The van der Waals surface area contributed by atoms with Crippen LogP contribution in [0.4, 0.5) is 11.4 Å². The largest absolute Gasteiger partial charge is 0.497 e. The minimum atomic E-state index is -2.45. The SMILES string of the molecule is COc1ccc([Si](C)(C)[C@@H]2[C@@H](CC(=O)N3CCC[C@H]3CO)O[C@]3(C(=O)N(C)c4ccc(NC(=O)Cc5c[nH]c6ccccc56)cc43)[C@H]2C)cc1. The lowest BCUT2D eigenvalue weighted by Crippen LogP contribution is -2.52. The summed E-state index contributed by atoms with van der Waals surface area (Å²) in [6.45, 7) is 7.19. The van der Waals surface area contributed by atoms with Crippen LogP contribution in [0.25, 0.3) is 10.9 Å². The van der Waals surface area contributed by atoms with Gasteiger partial charge in [-0.1, -0.05) is 55.5 Å². The number of fused-ring (bicyclic) bond motifs is 3. The van der Waals surface area contributed by atoms with Gasteiger partial charge in [0.15, 0.2) is 5.60 Å². The number of nitrogens with zero attached hydrogens (tertiary/aromatic N) is 2. The average Bonchev–Trinajstić information content (AvgIpc) is 3.87. The number of aromatic amines is 1. The van der Waals surface area contributed by atoms with Crippen LogP contribution in [-0.4, -0.2) is 80.2 Å². The molecule has 7 rings (SSSR count). The van der Waals surface area contributed by atoms with Crippen molar-refractivity contribution in [3.63, 3.8) is 0 Å². The third-order valence-corrected chi connectivity index (χ3v) is 15.9. The van der Waals surface area contributed by atoms with Crippen molar-refractivity contribution in [2.24, 2.45) is 5.92 Å². The summed E-state index contributed by atoms with van der Waals surface area (Å²) in [5, 5.41) is 15.3. The van der Waals surface area contributed by atoms with Gasteiger partial charge in [0.05, 0.1) is 52.5 Å². The van der Waals surface area contributed by atoms with Crippen molar-refractivity contribution < 1.29 is 29.0 Å². The molecule has 0 radical (unpaired) electrons. The second kappa shape index (κ2) is 13.0. The zero-order valence-electron chi connectivity index (χ0n) is 29.4. The Morgan fingerprint density at radius 3 is 2.62 bits per heavy atom. The molecule has 5 atom stereocenters. The summed E-state index contributed by atoms with van der Waals surface area (Å²) in [6.07, 6.45) is 3.26. The third kappa shape index (κ3) is 5.52. The highest BCUT2D eigenvalue weighted by molar-refractivity contribution is 6.91. The van der Waals surface area contributed by atoms with Crippen LogP contribution in [0.15, 0.2) is 72.9 Å². The number of hydrogen-bond donors (Lipinski definition) is 3. The Morgan fingerprint density at radius 1 is 1.12 bits per heavy atom. The van der Waals surface area contributed by atoms with Crippen molar-refractivity contribution >= 4 is 53.3 Å². The Hall–Kier alpha value is -4.45. The van der Waals surface area contributed by atoms with E-state index >= 15 is 0 Å². The number of hydrogen-bond acceptors (Lipinski definition) is 6. The number of nitrogens with one attached hydrogen (secondary N) is 2. The number of aromatic nitrogens is 1. The molecule has 3 aliphatic rings. The van der Waals surface area contributed by atoms with Crippen molar-refractivity contribution in [3.05, 3.63) is 84.1 Å². The van der Waals surface area contributed by atoms with Gasteiger partial charge in [-0.3, -0.25) is 14.4 Å². The van der Waals surface area contributed by atoms with Crippen LogP contribution in [0.2, 0.25) is 18.6 Å². The van der Waals surface area contributed by atoms with E-state index in [4.69, 9.17) is 9.47 Å². The molecule has 11 heteroatoms. The van der Waals surface area contributed by atoms with Crippen molar-refractivity contribution in [2.75, 3.05) is 37.5 Å². The van der Waals surface area contributed by atoms with E-state index in [1.54, 1.807) is 24.0 Å². The summed E-state index contributed by atoms with van der Waals surface area (Å²) < 4.78 is 12.5. The molecule has 50 heavy (non-hydrogen) atoms. The number of likely N-dealkylation sites (N-methyl/N-ethyl adjacent to an activating group) is 1. The minimum absolute atomic E-state index is 0.0577. The molecular weight excluding hydrogens is 649 g/mol. The third-order valence-electron chi connectivity index (χ3n) is 11.6. The fourth-order valence-electron chi connectivity index (χ4n) is 9.00. The van der Waals surface area contributed by atoms with Crippen LogP contribution in [-0.2, 0) is 31.1 Å². The fraction of sp³-hybridized carbons (Fsp3) is 0.410. The van der Waals surface area contributed by atoms with Gasteiger partial charge in [0.25, 0.3) is 5.91 Å². The monoisotopic (exact) mass is 694 g/mol. The van der Waals surface area contributed by atoms with Crippen LogP contribution in [0, 0.1) is 5.92 Å². The summed E-state index contributed by atoms with van der Waals surface area (Å²) in [5.74, 6) is 0.0843. The molecule has 3 amide bonds. The van der Waals surface area contributed by atoms with E-state index in [1.165, 1.54) is 5.19 Å². The zero-order chi connectivity index (χ0) is 35.4. The number of ether oxygens (including phenoxy) is 2. The van der Waals surface area contributed by atoms with Gasteiger partial charge >= 0.3 is 0 Å². The topological polar surface area (TPSA) is 124 Å². The number of carbonyl (C=O) groups excluding carboxylic acids is 3. The quantitative estimate of drug-likeness (QED) is 0.214. The molecule has 3 N–H and O–H groups in total. The second-order valence-corrected chi connectivity index (χ2v) is 19.3. The number of amides is 3. The van der Waals surface area contributed by atoms with Crippen molar-refractivity contribution in [3.8, 4) is 5.75 Å². The van der Waals surface area contributed by atoms with E-state index in [1.807, 2.05) is 60.8 Å². The van der Waals surface area contributed by atoms with Crippen molar-refractivity contribution in [1.29, 1.82) is 0 Å². The first-order valence-corrected chi connectivity index (χ1v) is 20.6. The second-order valence-electron chi connectivity index (χ2n) is 14.6. The highest BCUT2D eigenvalue weighted by Crippen LogP contribution is 2.60. The predicted molar refractivity (Wildman–Crippen MR) is 196 cm³/mol. The summed E-state index contributed by atoms with van der Waals surface area (Å²) >= 11 is 0. The normalized spacial score (nSPS) is 24.7. The van der Waals surface area contributed by atoms with E-state index in [0.717, 1.165) is 40.7 Å². The maximum Gasteiger partial charge on any atom is 0.264 e. The lowest BCUT2D eigenvalue weighted by Gasteiger charge is -2.37. The molecule has 1 spiro atoms. The fourth-order valence-corrected chi connectivity index (χ4v) is 13.0. The Balaban J connectivity index is 1.24. The highest BCUT2D eigenvalue weighted by Gasteiger charge is 2.66. The van der Waals surface area contributed by atoms with E-state index in [0.29, 0.717) is 17.8 Å². The number of benzene rings is 3. The first-order valence-electron chi connectivity index (χ1n) is 17.5. The Labute approximate surface area is 293 Å². The summed E-state index contributed by atoms with van der Waals surface area (Å²) in [7, 11) is 0.957. The number of para-hydroxylation sites is 1. The summed E-state index contributed by atoms with van der Waals surface area (Å²) in [5.41, 5.74) is 2.44. The van der Waals surface area contributed by atoms with Crippen LogP contribution < -0.4 is 20.1 Å². The number of aliphatic hydroxyl groups excluding tert-OH is 1. The van der Waals surface area contributed by atoms with Gasteiger partial charge in [-0.05, 0) is 60.3 Å². The van der Waals surface area contributed by atoms with Gasteiger partial charge in [0.2, 0.25) is 11.8 Å². The van der Waals surface area contributed by atoms with Crippen molar-refractivity contribution in [1.82, 2.24) is 9.88 Å². The van der Waals surface area contributed by atoms with E-state index in [2.05, 4.69) is 42.5 Å². The molecule has 3 aliphatic heterocycles. The van der Waals surface area contributed by atoms with Gasteiger partial charge in [0.1, 0.15) is 5.75 Å². The lowest BCUT2D eigenvalue weighted by atomic mass is 9.82. The minimum Gasteiger partial charge on any atom is -0.497 e. The molecule has 262 valence electrons. The Morgan fingerprint density at radius 2 is 1.88 bits per heavy atom. The molecule has 0 aliphatic carbocycles. The number of anilines is 2. The van der Waals surface area contributed by atoms with Crippen LogP contribution in [0.3, 0.4) is 0 Å². The van der Waals surface area contributed by atoms with Gasteiger partial charge < -0.3 is 34.7 Å². The van der Waals surface area contributed by atoms with Gasteiger partial charge in [-0.15, -0.1) is 0 Å². The Kier molecular flexibility index (Phi) is 8.86. The molecule has 2 fully saturated rings. The highest BCUT2D eigenvalue weighted by atomic mass is 28.3. The lowest BCUT2D eigenvalue weighted by molar-refractivity contribution is -0.149. The molecule has 0 unspecified atom stereocenters. The maximum absolute atomic E-state index is 14.5. The zero-order valence-corrected chi connectivity index (χ0v) is 30.4. The first kappa shape index (κ1) is 34.0. The van der Waals surface area contributed by atoms with E-state index in [-0.39, 0.29) is 54.7 Å². The van der Waals surface area contributed by atoms with Gasteiger partial charge in [-0.25, -0.2) is 0 Å². The molecule has 0 saturated carbocycles. The van der Waals surface area contributed by atoms with Crippen molar-refractivity contribution in [2.45, 2.75) is 69.0 Å². The molecule has 10 nitrogen and oxygen atoms in total. The molecule has 0 bridgehead atoms. The van der Waals surface area contributed by atoms with Gasteiger partial charge in [-0.2, -0.15) is 0 Å². The maximum atomic E-state index is 14.5. The first-order chi connectivity index (χ1) is 24.0. The Bertz CT molecular complexity index is 1940. The smallest absolute Gasteiger partial charge is 0.264 e. The number of aliphatic hydroxyl groups is 1. The van der Waals surface area contributed by atoms with Gasteiger partial charge in [0, 0.05) is 47.9 Å².